The Morgan fingerprint density at radius 1 is 1.28 bits per heavy atom. The molecule has 0 unspecified atom stereocenters. The number of carbonyl (C=O) groups is 1. The predicted octanol–water partition coefficient (Wildman–Crippen LogP) is 0.294. The van der Waals surface area contributed by atoms with E-state index in [1.165, 1.54) is 11.0 Å². The third kappa shape index (κ3) is 5.07. The minimum atomic E-state index is -0.468. The van der Waals surface area contributed by atoms with Crippen molar-refractivity contribution in [2.75, 3.05) is 32.8 Å². The molecule has 25 heavy (non-hydrogen) atoms. The van der Waals surface area contributed by atoms with E-state index >= 15 is 0 Å². The number of hydrogen-bond acceptors (Lipinski definition) is 6. The van der Waals surface area contributed by atoms with Gasteiger partial charge in [-0.3, -0.25) is 9.69 Å². The van der Waals surface area contributed by atoms with Crippen LogP contribution in [0.25, 0.3) is 0 Å². The minimum absolute atomic E-state index is 0.0420. The lowest BCUT2D eigenvalue weighted by atomic mass is 10.1. The number of amides is 1. The van der Waals surface area contributed by atoms with Crippen LogP contribution in [0.2, 0.25) is 0 Å². The van der Waals surface area contributed by atoms with Gasteiger partial charge in [0, 0.05) is 32.1 Å². The molecule has 1 fully saturated rings. The van der Waals surface area contributed by atoms with Gasteiger partial charge in [-0.2, -0.15) is 0 Å². The number of carbonyl (C=O) groups excluding carboxylic acids is 1. The molecule has 8 nitrogen and oxygen atoms in total. The molecule has 1 aliphatic heterocycles. The van der Waals surface area contributed by atoms with Crippen LogP contribution in [0.3, 0.4) is 0 Å². The van der Waals surface area contributed by atoms with Gasteiger partial charge in [0.25, 0.3) is 0 Å². The summed E-state index contributed by atoms with van der Waals surface area (Å²) in [7, 11) is 0. The molecule has 1 aromatic heterocycles. The monoisotopic (exact) mass is 344 g/mol. The molecule has 1 aliphatic rings. The molecule has 8 heteroatoms. The molecule has 1 aromatic carbocycles. The van der Waals surface area contributed by atoms with Crippen molar-refractivity contribution < 1.29 is 9.53 Å². The Labute approximate surface area is 147 Å². The highest BCUT2D eigenvalue weighted by molar-refractivity contribution is 5.80. The molecule has 2 heterocycles. The van der Waals surface area contributed by atoms with E-state index in [9.17, 15) is 4.79 Å². The van der Waals surface area contributed by atoms with E-state index in [1.807, 2.05) is 37.3 Å². The summed E-state index contributed by atoms with van der Waals surface area (Å²) in [5.74, 6) is -0.0723. The summed E-state index contributed by atoms with van der Waals surface area (Å²) in [6, 6.07) is 9.46. The number of morpholine rings is 1. The fraction of sp³-hybridized carbons (Fsp3) is 0.529. The van der Waals surface area contributed by atoms with Crippen molar-refractivity contribution in [3.8, 4) is 0 Å². The second-order valence-corrected chi connectivity index (χ2v) is 6.32. The highest BCUT2D eigenvalue weighted by atomic mass is 16.5. The summed E-state index contributed by atoms with van der Waals surface area (Å²) in [6.45, 7) is 6.14. The molecular weight excluding hydrogens is 320 g/mol. The zero-order valence-electron chi connectivity index (χ0n) is 14.4. The second-order valence-electron chi connectivity index (χ2n) is 6.32. The minimum Gasteiger partial charge on any atom is -0.379 e. The van der Waals surface area contributed by atoms with Crippen molar-refractivity contribution >= 4 is 5.91 Å². The Morgan fingerprint density at radius 2 is 2.04 bits per heavy atom. The Balaban J connectivity index is 1.62. The number of benzene rings is 1. The highest BCUT2D eigenvalue weighted by Crippen LogP contribution is 2.13. The Morgan fingerprint density at radius 3 is 2.72 bits per heavy atom. The van der Waals surface area contributed by atoms with E-state index in [-0.39, 0.29) is 11.9 Å². The third-order valence-corrected chi connectivity index (χ3v) is 4.28. The fourth-order valence-electron chi connectivity index (χ4n) is 3.01. The van der Waals surface area contributed by atoms with Gasteiger partial charge in [0.05, 0.1) is 13.2 Å². The van der Waals surface area contributed by atoms with E-state index in [4.69, 9.17) is 4.74 Å². The molecule has 134 valence electrons. The van der Waals surface area contributed by atoms with Gasteiger partial charge < -0.3 is 10.1 Å². The largest absolute Gasteiger partial charge is 0.379 e. The van der Waals surface area contributed by atoms with Crippen molar-refractivity contribution in [1.29, 1.82) is 0 Å². The molecule has 0 aliphatic carbocycles. The smallest absolute Gasteiger partial charge is 0.245 e. The second kappa shape index (κ2) is 8.68. The van der Waals surface area contributed by atoms with Crippen LogP contribution >= 0.6 is 0 Å². The molecule has 2 atom stereocenters. The van der Waals surface area contributed by atoms with Crippen LogP contribution in [0.4, 0.5) is 0 Å². The van der Waals surface area contributed by atoms with Crippen molar-refractivity contribution in [1.82, 2.24) is 30.4 Å². The van der Waals surface area contributed by atoms with Crippen molar-refractivity contribution in [3.63, 3.8) is 0 Å². The van der Waals surface area contributed by atoms with Gasteiger partial charge in [0.15, 0.2) is 0 Å². The molecule has 1 saturated heterocycles. The Hall–Kier alpha value is -2.32. The number of ether oxygens (including phenoxy) is 1. The summed E-state index contributed by atoms with van der Waals surface area (Å²) in [5.41, 5.74) is 1.07. The van der Waals surface area contributed by atoms with Gasteiger partial charge in [-0.1, -0.05) is 30.3 Å². The first kappa shape index (κ1) is 17.5. The highest BCUT2D eigenvalue weighted by Gasteiger charge is 2.24. The average Bonchev–Trinajstić information content (AvgIpc) is 3.15. The molecule has 3 rings (SSSR count). The first-order valence-electron chi connectivity index (χ1n) is 8.59. The van der Waals surface area contributed by atoms with Gasteiger partial charge in [-0.05, 0) is 22.9 Å². The first-order valence-corrected chi connectivity index (χ1v) is 8.59. The van der Waals surface area contributed by atoms with Crippen molar-refractivity contribution in [3.05, 3.63) is 42.2 Å². The maximum absolute atomic E-state index is 12.8. The van der Waals surface area contributed by atoms with Gasteiger partial charge >= 0.3 is 0 Å². The van der Waals surface area contributed by atoms with E-state index in [0.29, 0.717) is 6.42 Å². The number of rotatable bonds is 7. The van der Waals surface area contributed by atoms with Gasteiger partial charge in [-0.25, -0.2) is 4.68 Å². The first-order chi connectivity index (χ1) is 12.2. The molecule has 0 spiro atoms. The lowest BCUT2D eigenvalue weighted by molar-refractivity contribution is -0.125. The number of hydrogen-bond donors (Lipinski definition) is 1. The fourth-order valence-corrected chi connectivity index (χ4v) is 3.01. The number of aromatic nitrogens is 4. The molecule has 1 N–H and O–H groups in total. The van der Waals surface area contributed by atoms with E-state index < -0.39 is 6.04 Å². The van der Waals surface area contributed by atoms with E-state index in [2.05, 4.69) is 25.7 Å². The average molecular weight is 344 g/mol. The van der Waals surface area contributed by atoms with Crippen LogP contribution in [0.15, 0.2) is 36.7 Å². The van der Waals surface area contributed by atoms with Crippen LogP contribution in [-0.2, 0) is 16.0 Å². The maximum Gasteiger partial charge on any atom is 0.245 e. The van der Waals surface area contributed by atoms with Gasteiger partial charge in [0.1, 0.15) is 12.4 Å². The van der Waals surface area contributed by atoms with Crippen molar-refractivity contribution in [2.45, 2.75) is 25.4 Å². The number of nitrogens with one attached hydrogen (secondary N) is 1. The molecule has 0 radical (unpaired) electrons. The predicted molar refractivity (Wildman–Crippen MR) is 91.9 cm³/mol. The van der Waals surface area contributed by atoms with Crippen LogP contribution in [0.1, 0.15) is 18.5 Å². The molecule has 0 saturated carbocycles. The van der Waals surface area contributed by atoms with E-state index in [0.717, 1.165) is 38.4 Å². The topological polar surface area (TPSA) is 85.2 Å². The SMILES string of the molecule is C[C@@H](CN1CCOCC1)NC(=O)[C@@H](Cc1ccccc1)n1cnnn1. The van der Waals surface area contributed by atoms with Gasteiger partial charge in [-0.15, -0.1) is 5.10 Å². The summed E-state index contributed by atoms with van der Waals surface area (Å²) in [5, 5.41) is 14.4. The Bertz CT molecular complexity index is 642. The zero-order chi connectivity index (χ0) is 17.5. The van der Waals surface area contributed by atoms with Crippen LogP contribution in [0, 0.1) is 0 Å². The zero-order valence-corrected chi connectivity index (χ0v) is 14.4. The molecule has 2 aromatic rings. The summed E-state index contributed by atoms with van der Waals surface area (Å²) in [4.78, 5) is 15.1. The van der Waals surface area contributed by atoms with Crippen molar-refractivity contribution in [2.24, 2.45) is 0 Å². The molecule has 0 bridgehead atoms. The number of nitrogens with zero attached hydrogens (tertiary/aromatic N) is 5. The van der Waals surface area contributed by atoms with Crippen LogP contribution in [-0.4, -0.2) is 69.9 Å². The maximum atomic E-state index is 12.8. The summed E-state index contributed by atoms with van der Waals surface area (Å²) >= 11 is 0. The Kier molecular flexibility index (Phi) is 6.08. The number of tetrazole rings is 1. The quantitative estimate of drug-likeness (QED) is 0.777. The molecular formula is C17H24N6O2. The normalized spacial score (nSPS) is 17.8. The standard InChI is InChI=1S/C17H24N6O2/c1-14(12-22-7-9-25-10-8-22)19-17(24)16(23-13-18-20-21-23)11-15-5-3-2-4-6-15/h2-6,13-14,16H,7-12H2,1H3,(H,19,24)/t14-,16+/m0/s1. The summed E-state index contributed by atoms with van der Waals surface area (Å²) < 4.78 is 6.88. The van der Waals surface area contributed by atoms with Gasteiger partial charge in [0.2, 0.25) is 5.91 Å². The summed E-state index contributed by atoms with van der Waals surface area (Å²) in [6.07, 6.45) is 2.03. The lowest BCUT2D eigenvalue weighted by Gasteiger charge is -2.30. The third-order valence-electron chi connectivity index (χ3n) is 4.28. The van der Waals surface area contributed by atoms with Crippen LogP contribution < -0.4 is 5.32 Å². The lowest BCUT2D eigenvalue weighted by Crippen LogP contribution is -2.47. The van der Waals surface area contributed by atoms with E-state index in [1.54, 1.807) is 0 Å². The van der Waals surface area contributed by atoms with Crippen LogP contribution in [0.5, 0.6) is 0 Å². The molecule has 1 amide bonds.